The number of aromatic nitrogens is 4. The minimum Gasteiger partial charge on any atom is -0.383 e. The van der Waals surface area contributed by atoms with Gasteiger partial charge in [0.25, 0.3) is 0 Å². The molecule has 0 saturated heterocycles. The van der Waals surface area contributed by atoms with Crippen molar-refractivity contribution in [1.82, 2.24) is 20.1 Å². The topological polar surface area (TPSA) is 103 Å². The first-order chi connectivity index (χ1) is 8.20. The lowest BCUT2D eigenvalue weighted by molar-refractivity contribution is 0.379. The Balaban J connectivity index is 2.11. The van der Waals surface area contributed by atoms with Crippen LogP contribution in [0.3, 0.4) is 0 Å². The monoisotopic (exact) mass is 234 g/mol. The van der Waals surface area contributed by atoms with Gasteiger partial charge in [-0.15, -0.1) is 0 Å². The van der Waals surface area contributed by atoms with Crippen LogP contribution in [0.4, 0.5) is 11.6 Å². The minimum absolute atomic E-state index is 0.421. The maximum Gasteiger partial charge on any atom is 0.245 e. The van der Waals surface area contributed by atoms with Gasteiger partial charge in [-0.3, -0.25) is 0 Å². The van der Waals surface area contributed by atoms with Crippen LogP contribution in [0.2, 0.25) is 0 Å². The Kier molecular flexibility index (Phi) is 3.17. The molecule has 0 fully saturated rings. The van der Waals surface area contributed by atoms with Crippen molar-refractivity contribution in [2.75, 3.05) is 11.1 Å². The Bertz CT molecular complexity index is 509. The Hall–Kier alpha value is -2.18. The van der Waals surface area contributed by atoms with Gasteiger partial charge < -0.3 is 15.6 Å². The highest BCUT2D eigenvalue weighted by atomic mass is 16.5. The third kappa shape index (κ3) is 2.49. The molecule has 0 radical (unpaired) electrons. The molecule has 0 bridgehead atoms. The summed E-state index contributed by atoms with van der Waals surface area (Å²) in [4.78, 5) is 12.2. The second-order valence-electron chi connectivity index (χ2n) is 3.53. The molecule has 2 aromatic heterocycles. The molecule has 3 N–H and O–H groups in total. The van der Waals surface area contributed by atoms with E-state index in [2.05, 4.69) is 25.4 Å². The van der Waals surface area contributed by atoms with Crippen LogP contribution in [0, 0.1) is 6.92 Å². The smallest absolute Gasteiger partial charge is 0.245 e. The maximum atomic E-state index is 5.76. The number of hydrogen-bond acceptors (Lipinski definition) is 7. The van der Waals surface area contributed by atoms with E-state index < -0.39 is 0 Å². The molecule has 2 rings (SSSR count). The summed E-state index contributed by atoms with van der Waals surface area (Å²) in [5.74, 6) is 2.32. The molecule has 0 aromatic carbocycles. The third-order valence-corrected chi connectivity index (χ3v) is 2.31. The average molecular weight is 234 g/mol. The van der Waals surface area contributed by atoms with E-state index in [9.17, 15) is 0 Å². The van der Waals surface area contributed by atoms with Gasteiger partial charge in [-0.05, 0) is 13.3 Å². The largest absolute Gasteiger partial charge is 0.383 e. The lowest BCUT2D eigenvalue weighted by atomic mass is 10.2. The van der Waals surface area contributed by atoms with Gasteiger partial charge in [-0.2, -0.15) is 4.98 Å². The van der Waals surface area contributed by atoms with E-state index in [-0.39, 0.29) is 0 Å². The SMILES string of the molecule is CCc1c(N)ncnc1NCc1nc(C)no1. The van der Waals surface area contributed by atoms with Crippen LogP contribution in [-0.2, 0) is 13.0 Å². The van der Waals surface area contributed by atoms with Crippen molar-refractivity contribution in [2.45, 2.75) is 26.8 Å². The number of nitrogens with two attached hydrogens (primary N) is 1. The Morgan fingerprint density at radius 1 is 1.41 bits per heavy atom. The van der Waals surface area contributed by atoms with Crippen LogP contribution < -0.4 is 11.1 Å². The minimum atomic E-state index is 0.421. The van der Waals surface area contributed by atoms with Gasteiger partial charge >= 0.3 is 0 Å². The van der Waals surface area contributed by atoms with Gasteiger partial charge in [0.1, 0.15) is 18.0 Å². The number of anilines is 2. The van der Waals surface area contributed by atoms with E-state index in [1.165, 1.54) is 6.33 Å². The number of nitrogen functional groups attached to an aromatic ring is 1. The number of nitrogens with one attached hydrogen (secondary N) is 1. The van der Waals surface area contributed by atoms with Crippen LogP contribution >= 0.6 is 0 Å². The zero-order valence-electron chi connectivity index (χ0n) is 9.77. The van der Waals surface area contributed by atoms with Crippen molar-refractivity contribution in [1.29, 1.82) is 0 Å². The van der Waals surface area contributed by atoms with Crippen LogP contribution in [-0.4, -0.2) is 20.1 Å². The van der Waals surface area contributed by atoms with E-state index in [0.717, 1.165) is 12.0 Å². The van der Waals surface area contributed by atoms with Gasteiger partial charge in [0.15, 0.2) is 5.82 Å². The standard InChI is InChI=1S/C10H14N6O/c1-3-7-9(11)13-5-14-10(7)12-4-8-15-6(2)16-17-8/h5H,3-4H2,1-2H3,(H3,11,12,13,14). The average Bonchev–Trinajstić information content (AvgIpc) is 2.72. The predicted molar refractivity (Wildman–Crippen MR) is 62.2 cm³/mol. The first-order valence-electron chi connectivity index (χ1n) is 5.33. The van der Waals surface area contributed by atoms with Crippen molar-refractivity contribution < 1.29 is 4.52 Å². The van der Waals surface area contributed by atoms with E-state index in [1.807, 2.05) is 6.92 Å². The summed E-state index contributed by atoms with van der Waals surface area (Å²) in [6.45, 7) is 4.19. The van der Waals surface area contributed by atoms with Crippen LogP contribution in [0.25, 0.3) is 0 Å². The molecular formula is C10H14N6O. The van der Waals surface area contributed by atoms with Gasteiger partial charge in [0.05, 0.1) is 6.54 Å². The summed E-state index contributed by atoms with van der Waals surface area (Å²) >= 11 is 0. The van der Waals surface area contributed by atoms with Crippen molar-refractivity contribution in [2.24, 2.45) is 0 Å². The summed E-state index contributed by atoms with van der Waals surface area (Å²) in [5.41, 5.74) is 6.65. The van der Waals surface area contributed by atoms with Gasteiger partial charge in [0.2, 0.25) is 5.89 Å². The van der Waals surface area contributed by atoms with E-state index in [0.29, 0.717) is 29.9 Å². The summed E-state index contributed by atoms with van der Waals surface area (Å²) in [5, 5.41) is 6.81. The van der Waals surface area contributed by atoms with E-state index in [1.54, 1.807) is 6.92 Å². The summed E-state index contributed by atoms with van der Waals surface area (Å²) < 4.78 is 4.99. The molecule has 2 aromatic rings. The van der Waals surface area contributed by atoms with Crippen molar-refractivity contribution >= 4 is 11.6 Å². The summed E-state index contributed by atoms with van der Waals surface area (Å²) in [6, 6.07) is 0. The Morgan fingerprint density at radius 2 is 2.24 bits per heavy atom. The first-order valence-corrected chi connectivity index (χ1v) is 5.33. The second-order valence-corrected chi connectivity index (χ2v) is 3.53. The Morgan fingerprint density at radius 3 is 2.88 bits per heavy atom. The molecule has 0 spiro atoms. The van der Waals surface area contributed by atoms with Gasteiger partial charge in [0, 0.05) is 5.56 Å². The molecule has 2 heterocycles. The van der Waals surface area contributed by atoms with Gasteiger partial charge in [-0.1, -0.05) is 12.1 Å². The second kappa shape index (κ2) is 4.77. The Labute approximate surface area is 98.5 Å². The lowest BCUT2D eigenvalue weighted by Crippen LogP contribution is -2.08. The van der Waals surface area contributed by atoms with E-state index >= 15 is 0 Å². The van der Waals surface area contributed by atoms with Gasteiger partial charge in [-0.25, -0.2) is 9.97 Å². The molecule has 0 atom stereocenters. The third-order valence-electron chi connectivity index (χ3n) is 2.31. The van der Waals surface area contributed by atoms with Crippen molar-refractivity contribution in [3.05, 3.63) is 23.6 Å². The van der Waals surface area contributed by atoms with Crippen LogP contribution in [0.5, 0.6) is 0 Å². The number of hydrogen-bond donors (Lipinski definition) is 2. The zero-order valence-corrected chi connectivity index (χ0v) is 9.77. The first kappa shape index (κ1) is 11.3. The fourth-order valence-corrected chi connectivity index (χ4v) is 1.50. The molecule has 0 unspecified atom stereocenters. The maximum absolute atomic E-state index is 5.76. The molecule has 0 amide bonds. The van der Waals surface area contributed by atoms with Crippen LogP contribution in [0.15, 0.2) is 10.9 Å². The molecule has 7 nitrogen and oxygen atoms in total. The number of rotatable bonds is 4. The highest BCUT2D eigenvalue weighted by molar-refractivity contribution is 5.54. The molecular weight excluding hydrogens is 220 g/mol. The highest BCUT2D eigenvalue weighted by Gasteiger charge is 2.08. The predicted octanol–water partition coefficient (Wildman–Crippen LogP) is 0.925. The summed E-state index contributed by atoms with van der Waals surface area (Å²) in [6.07, 6.45) is 2.19. The zero-order chi connectivity index (χ0) is 12.3. The lowest BCUT2D eigenvalue weighted by Gasteiger charge is -2.08. The molecule has 17 heavy (non-hydrogen) atoms. The van der Waals surface area contributed by atoms with Crippen molar-refractivity contribution in [3.8, 4) is 0 Å². The molecule has 0 saturated carbocycles. The van der Waals surface area contributed by atoms with Crippen LogP contribution in [0.1, 0.15) is 24.2 Å². The molecule has 0 aliphatic heterocycles. The fourth-order valence-electron chi connectivity index (χ4n) is 1.50. The summed E-state index contributed by atoms with van der Waals surface area (Å²) in [7, 11) is 0. The van der Waals surface area contributed by atoms with E-state index in [4.69, 9.17) is 10.3 Å². The number of nitrogens with zero attached hydrogens (tertiary/aromatic N) is 4. The molecule has 7 heteroatoms. The molecule has 0 aliphatic carbocycles. The number of aryl methyl sites for hydroxylation is 1. The quantitative estimate of drug-likeness (QED) is 0.810. The highest BCUT2D eigenvalue weighted by Crippen LogP contribution is 2.17. The fraction of sp³-hybridized carbons (Fsp3) is 0.400. The van der Waals surface area contributed by atoms with Crippen molar-refractivity contribution in [3.63, 3.8) is 0 Å². The molecule has 90 valence electrons. The normalized spacial score (nSPS) is 10.5. The molecule has 0 aliphatic rings.